The monoisotopic (exact) mass is 236 g/mol. The summed E-state index contributed by atoms with van der Waals surface area (Å²) in [7, 11) is 0. The second-order valence-electron chi connectivity index (χ2n) is 3.57. The van der Waals surface area contributed by atoms with Crippen molar-refractivity contribution >= 4 is 5.97 Å². The summed E-state index contributed by atoms with van der Waals surface area (Å²) in [5, 5.41) is 9.32. The summed E-state index contributed by atoms with van der Waals surface area (Å²) in [4.78, 5) is 11.2. The van der Waals surface area contributed by atoms with E-state index in [2.05, 4.69) is 0 Å². The normalized spacial score (nSPS) is 11.1. The number of carbonyl (C=O) groups is 1. The predicted molar refractivity (Wildman–Crippen MR) is 63.8 cm³/mol. The quantitative estimate of drug-likeness (QED) is 0.485. The van der Waals surface area contributed by atoms with E-state index in [9.17, 15) is 9.90 Å². The third kappa shape index (κ3) is 4.59. The third-order valence-electron chi connectivity index (χ3n) is 1.97. The van der Waals surface area contributed by atoms with Crippen LogP contribution in [0.1, 0.15) is 18.9 Å². The van der Waals surface area contributed by atoms with Gasteiger partial charge < -0.3 is 14.6 Å². The van der Waals surface area contributed by atoms with E-state index >= 15 is 0 Å². The molecule has 0 aliphatic heterocycles. The SMILES string of the molecule is CCCOC(=O)C(O)=COc1ccc(C)cc1. The molecule has 4 nitrogen and oxygen atoms in total. The fourth-order valence-corrected chi connectivity index (χ4v) is 1.06. The van der Waals surface area contributed by atoms with Gasteiger partial charge in [0.25, 0.3) is 0 Å². The molecule has 1 rings (SSSR count). The molecule has 0 amide bonds. The molecule has 1 aromatic carbocycles. The average Bonchev–Trinajstić information content (AvgIpc) is 2.34. The van der Waals surface area contributed by atoms with E-state index in [1.165, 1.54) is 0 Å². The maximum absolute atomic E-state index is 11.2. The molecule has 0 saturated heterocycles. The Balaban J connectivity index is 2.52. The van der Waals surface area contributed by atoms with Gasteiger partial charge in [-0.05, 0) is 25.5 Å². The highest BCUT2D eigenvalue weighted by Crippen LogP contribution is 2.12. The Morgan fingerprint density at radius 3 is 2.59 bits per heavy atom. The van der Waals surface area contributed by atoms with Gasteiger partial charge in [0.1, 0.15) is 12.0 Å². The standard InChI is InChI=1S/C13H16O4/c1-3-8-16-13(15)12(14)9-17-11-6-4-10(2)5-7-11/h4-7,9,14H,3,8H2,1-2H3. The molecular weight excluding hydrogens is 220 g/mol. The fraction of sp³-hybridized carbons (Fsp3) is 0.308. The number of benzene rings is 1. The first-order valence-electron chi connectivity index (χ1n) is 5.43. The molecular formula is C13H16O4. The molecule has 1 N–H and O–H groups in total. The average molecular weight is 236 g/mol. The number of hydrogen-bond acceptors (Lipinski definition) is 4. The van der Waals surface area contributed by atoms with Crippen LogP contribution in [0.2, 0.25) is 0 Å². The zero-order valence-electron chi connectivity index (χ0n) is 9.97. The molecule has 0 bridgehead atoms. The van der Waals surface area contributed by atoms with Crippen molar-refractivity contribution in [2.75, 3.05) is 6.61 Å². The Bertz CT molecular complexity index is 392. The van der Waals surface area contributed by atoms with E-state index in [0.717, 1.165) is 11.8 Å². The molecule has 4 heteroatoms. The first-order chi connectivity index (χ1) is 8.13. The highest BCUT2D eigenvalue weighted by atomic mass is 16.5. The van der Waals surface area contributed by atoms with Crippen LogP contribution in [0, 0.1) is 6.92 Å². The Hall–Kier alpha value is -1.97. The maximum atomic E-state index is 11.2. The summed E-state index contributed by atoms with van der Waals surface area (Å²) < 4.78 is 9.83. The minimum absolute atomic E-state index is 0.279. The summed E-state index contributed by atoms with van der Waals surface area (Å²) in [6.07, 6.45) is 1.68. The van der Waals surface area contributed by atoms with Crippen LogP contribution in [0.15, 0.2) is 36.3 Å². The number of aliphatic hydroxyl groups excluding tert-OH is 1. The zero-order valence-corrected chi connectivity index (χ0v) is 9.97. The van der Waals surface area contributed by atoms with Gasteiger partial charge in [0.05, 0.1) is 6.61 Å². The lowest BCUT2D eigenvalue weighted by Gasteiger charge is -2.03. The van der Waals surface area contributed by atoms with Crippen molar-refractivity contribution in [3.63, 3.8) is 0 Å². The molecule has 1 aromatic rings. The van der Waals surface area contributed by atoms with Gasteiger partial charge in [0.15, 0.2) is 0 Å². The first-order valence-corrected chi connectivity index (χ1v) is 5.43. The largest absolute Gasteiger partial charge is 0.500 e. The number of esters is 1. The maximum Gasteiger partial charge on any atom is 0.376 e. The fourth-order valence-electron chi connectivity index (χ4n) is 1.06. The van der Waals surface area contributed by atoms with Gasteiger partial charge in [-0.15, -0.1) is 0 Å². The predicted octanol–water partition coefficient (Wildman–Crippen LogP) is 2.73. The number of hydrogen-bond donors (Lipinski definition) is 1. The van der Waals surface area contributed by atoms with Crippen LogP contribution in [0.4, 0.5) is 0 Å². The van der Waals surface area contributed by atoms with Crippen LogP contribution in [0.25, 0.3) is 0 Å². The lowest BCUT2D eigenvalue weighted by atomic mass is 10.2. The number of carbonyl (C=O) groups excluding carboxylic acids is 1. The first kappa shape index (κ1) is 13.1. The molecule has 17 heavy (non-hydrogen) atoms. The number of ether oxygens (including phenoxy) is 2. The van der Waals surface area contributed by atoms with Gasteiger partial charge in [-0.1, -0.05) is 24.6 Å². The van der Waals surface area contributed by atoms with Crippen molar-refractivity contribution in [1.82, 2.24) is 0 Å². The number of rotatable bonds is 5. The van der Waals surface area contributed by atoms with Gasteiger partial charge >= 0.3 is 5.97 Å². The summed E-state index contributed by atoms with van der Waals surface area (Å²) in [5.41, 5.74) is 1.10. The van der Waals surface area contributed by atoms with Crippen LogP contribution in [0.3, 0.4) is 0 Å². The Morgan fingerprint density at radius 1 is 1.35 bits per heavy atom. The van der Waals surface area contributed by atoms with Crippen LogP contribution >= 0.6 is 0 Å². The minimum atomic E-state index is -0.779. The van der Waals surface area contributed by atoms with Crippen molar-refractivity contribution in [3.05, 3.63) is 41.9 Å². The molecule has 92 valence electrons. The van der Waals surface area contributed by atoms with E-state index in [-0.39, 0.29) is 6.61 Å². The van der Waals surface area contributed by atoms with Crippen molar-refractivity contribution < 1.29 is 19.4 Å². The molecule has 0 atom stereocenters. The molecule has 0 heterocycles. The molecule has 0 unspecified atom stereocenters. The van der Waals surface area contributed by atoms with Crippen molar-refractivity contribution in [1.29, 1.82) is 0 Å². The van der Waals surface area contributed by atoms with Gasteiger partial charge in [-0.2, -0.15) is 0 Å². The van der Waals surface area contributed by atoms with Crippen LogP contribution in [-0.2, 0) is 9.53 Å². The van der Waals surface area contributed by atoms with Gasteiger partial charge in [-0.3, -0.25) is 0 Å². The van der Waals surface area contributed by atoms with E-state index in [0.29, 0.717) is 12.2 Å². The van der Waals surface area contributed by atoms with E-state index in [4.69, 9.17) is 9.47 Å². The van der Waals surface area contributed by atoms with Crippen molar-refractivity contribution in [2.24, 2.45) is 0 Å². The summed E-state index contributed by atoms with van der Waals surface area (Å²) in [6.45, 7) is 4.11. The highest BCUT2D eigenvalue weighted by molar-refractivity contribution is 5.85. The molecule has 0 aromatic heterocycles. The summed E-state index contributed by atoms with van der Waals surface area (Å²) >= 11 is 0. The second kappa shape index (κ2) is 6.58. The Morgan fingerprint density at radius 2 is 2.00 bits per heavy atom. The van der Waals surface area contributed by atoms with Crippen molar-refractivity contribution in [3.8, 4) is 5.75 Å². The van der Waals surface area contributed by atoms with Crippen molar-refractivity contribution in [2.45, 2.75) is 20.3 Å². The van der Waals surface area contributed by atoms with E-state index in [1.54, 1.807) is 12.1 Å². The molecule has 0 fully saturated rings. The van der Waals surface area contributed by atoms with Gasteiger partial charge in [0.2, 0.25) is 5.76 Å². The number of aryl methyl sites for hydroxylation is 1. The van der Waals surface area contributed by atoms with Crippen LogP contribution < -0.4 is 4.74 Å². The molecule has 0 saturated carbocycles. The van der Waals surface area contributed by atoms with E-state index in [1.807, 2.05) is 26.0 Å². The lowest BCUT2D eigenvalue weighted by molar-refractivity contribution is -0.142. The van der Waals surface area contributed by atoms with E-state index < -0.39 is 11.7 Å². The third-order valence-corrected chi connectivity index (χ3v) is 1.97. The Kier molecular flexibility index (Phi) is 5.07. The zero-order chi connectivity index (χ0) is 12.7. The Labute approximate surface area is 100 Å². The second-order valence-corrected chi connectivity index (χ2v) is 3.57. The van der Waals surface area contributed by atoms with Crippen LogP contribution in [-0.4, -0.2) is 17.7 Å². The minimum Gasteiger partial charge on any atom is -0.500 e. The molecule has 0 radical (unpaired) electrons. The molecule has 0 spiro atoms. The van der Waals surface area contributed by atoms with Gasteiger partial charge in [-0.25, -0.2) is 4.79 Å². The van der Waals surface area contributed by atoms with Gasteiger partial charge in [0, 0.05) is 0 Å². The summed E-state index contributed by atoms with van der Waals surface area (Å²) in [6, 6.07) is 7.23. The number of aliphatic hydroxyl groups is 1. The highest BCUT2D eigenvalue weighted by Gasteiger charge is 2.08. The molecule has 0 aliphatic carbocycles. The lowest BCUT2D eigenvalue weighted by Crippen LogP contribution is -2.09. The summed E-state index contributed by atoms with van der Waals surface area (Å²) in [5.74, 6) is -0.775. The molecule has 0 aliphatic rings. The van der Waals surface area contributed by atoms with Crippen LogP contribution in [0.5, 0.6) is 5.75 Å². The smallest absolute Gasteiger partial charge is 0.376 e. The topological polar surface area (TPSA) is 55.8 Å².